The average Bonchev–Trinajstić information content (AvgIpc) is 2.32. The van der Waals surface area contributed by atoms with Crippen LogP contribution in [0.5, 0.6) is 0 Å². The topological polar surface area (TPSA) is 43.1 Å². The van der Waals surface area contributed by atoms with E-state index in [4.69, 9.17) is 0 Å². The molecule has 0 radical (unpaired) electrons. The Kier molecular flexibility index (Phi) is 1.70. The maximum absolute atomic E-state index is 10.3. The van der Waals surface area contributed by atoms with Crippen molar-refractivity contribution in [3.63, 3.8) is 0 Å². The van der Waals surface area contributed by atoms with Crippen molar-refractivity contribution in [2.45, 2.75) is 25.7 Å². The highest BCUT2D eigenvalue weighted by Gasteiger charge is 2.53. The van der Waals surface area contributed by atoms with Gasteiger partial charge in [-0.05, 0) is 55.4 Å². The van der Waals surface area contributed by atoms with E-state index in [0.717, 1.165) is 23.7 Å². The van der Waals surface area contributed by atoms with Crippen LogP contribution >= 0.6 is 0 Å². The number of nitrogens with zero attached hydrogens (tertiary/aromatic N) is 1. The second kappa shape index (κ2) is 2.81. The summed E-state index contributed by atoms with van der Waals surface area (Å²) in [7, 11) is 0. The SMILES string of the molecule is O=[N+]([O-])C/C=C1\[C@H]2CC[C@@H]3C[C@H]2[C@H]1C3. The van der Waals surface area contributed by atoms with Crippen LogP contribution in [0.4, 0.5) is 0 Å². The number of hydrogen-bond acceptors (Lipinski definition) is 2. The molecule has 0 heterocycles. The summed E-state index contributed by atoms with van der Waals surface area (Å²) in [6.07, 6.45) is 7.30. The minimum atomic E-state index is -0.221. The van der Waals surface area contributed by atoms with Gasteiger partial charge in [-0.15, -0.1) is 0 Å². The van der Waals surface area contributed by atoms with Crippen LogP contribution in [0.3, 0.4) is 0 Å². The monoisotopic (exact) mass is 193 g/mol. The molecular weight excluding hydrogens is 178 g/mol. The van der Waals surface area contributed by atoms with Gasteiger partial charge < -0.3 is 0 Å². The summed E-state index contributed by atoms with van der Waals surface area (Å²) in [6, 6.07) is 0. The molecule has 76 valence electrons. The molecule has 3 aliphatic carbocycles. The van der Waals surface area contributed by atoms with Crippen LogP contribution < -0.4 is 0 Å². The van der Waals surface area contributed by atoms with Crippen molar-refractivity contribution in [3.05, 3.63) is 21.8 Å². The first-order valence-corrected chi connectivity index (χ1v) is 5.57. The Balaban J connectivity index is 1.77. The van der Waals surface area contributed by atoms with E-state index < -0.39 is 0 Å². The normalized spacial score (nSPS) is 46.4. The number of nitro groups is 1. The van der Waals surface area contributed by atoms with Gasteiger partial charge in [0.2, 0.25) is 6.54 Å². The molecule has 0 amide bonds. The molecule has 3 fully saturated rings. The fourth-order valence-electron chi connectivity index (χ4n) is 3.93. The third-order valence-electron chi connectivity index (χ3n) is 4.44. The van der Waals surface area contributed by atoms with Crippen molar-refractivity contribution in [1.82, 2.24) is 0 Å². The lowest BCUT2D eigenvalue weighted by atomic mass is 9.60. The average molecular weight is 193 g/mol. The Hall–Kier alpha value is -0.860. The van der Waals surface area contributed by atoms with Crippen molar-refractivity contribution >= 4 is 0 Å². The van der Waals surface area contributed by atoms with Gasteiger partial charge in [0, 0.05) is 4.92 Å². The molecule has 3 nitrogen and oxygen atoms in total. The zero-order valence-corrected chi connectivity index (χ0v) is 8.19. The molecular formula is C11H15NO2. The highest BCUT2D eigenvalue weighted by molar-refractivity contribution is 5.28. The van der Waals surface area contributed by atoms with E-state index in [1.165, 1.54) is 31.3 Å². The van der Waals surface area contributed by atoms with Gasteiger partial charge in [-0.25, -0.2) is 0 Å². The Labute approximate surface area is 83.3 Å². The molecule has 0 aliphatic heterocycles. The predicted octanol–water partition coefficient (Wildman–Crippen LogP) is 2.26. The molecule has 0 aromatic carbocycles. The van der Waals surface area contributed by atoms with Crippen LogP contribution in [-0.4, -0.2) is 11.5 Å². The van der Waals surface area contributed by atoms with Gasteiger partial charge in [-0.2, -0.15) is 0 Å². The van der Waals surface area contributed by atoms with Crippen molar-refractivity contribution in [1.29, 1.82) is 0 Å². The molecule has 14 heavy (non-hydrogen) atoms. The van der Waals surface area contributed by atoms with Crippen molar-refractivity contribution in [3.8, 4) is 0 Å². The molecule has 4 atom stereocenters. The van der Waals surface area contributed by atoms with E-state index in [1.54, 1.807) is 0 Å². The summed E-state index contributed by atoms with van der Waals surface area (Å²) in [5.74, 6) is 3.33. The zero-order chi connectivity index (χ0) is 9.71. The third kappa shape index (κ3) is 1.04. The van der Waals surface area contributed by atoms with Gasteiger partial charge in [0.25, 0.3) is 0 Å². The first kappa shape index (κ1) is 8.45. The van der Waals surface area contributed by atoms with Gasteiger partial charge in [-0.1, -0.05) is 5.57 Å². The largest absolute Gasteiger partial charge is 0.264 e. The van der Waals surface area contributed by atoms with Gasteiger partial charge in [-0.3, -0.25) is 10.1 Å². The summed E-state index contributed by atoms with van der Waals surface area (Å²) in [6.45, 7) is 0.0414. The number of allylic oxidation sites excluding steroid dienone is 1. The van der Waals surface area contributed by atoms with Crippen LogP contribution in [0.1, 0.15) is 25.7 Å². The summed E-state index contributed by atoms with van der Waals surface area (Å²) in [5, 5.41) is 10.3. The minimum Gasteiger partial charge on any atom is -0.264 e. The second-order valence-electron chi connectivity index (χ2n) is 5.01. The summed E-state index contributed by atoms with van der Waals surface area (Å²) >= 11 is 0. The Morgan fingerprint density at radius 2 is 2.21 bits per heavy atom. The smallest absolute Gasteiger partial charge is 0.222 e. The van der Waals surface area contributed by atoms with Crippen molar-refractivity contribution in [2.75, 3.05) is 6.54 Å². The lowest BCUT2D eigenvalue weighted by Gasteiger charge is -2.44. The van der Waals surface area contributed by atoms with E-state index in [1.807, 2.05) is 6.08 Å². The Morgan fingerprint density at radius 1 is 1.36 bits per heavy atom. The molecule has 2 bridgehead atoms. The molecule has 0 saturated heterocycles. The van der Waals surface area contributed by atoms with E-state index in [0.29, 0.717) is 0 Å². The first-order chi connectivity index (χ1) is 6.75. The molecule has 0 N–H and O–H groups in total. The van der Waals surface area contributed by atoms with E-state index in [9.17, 15) is 10.1 Å². The van der Waals surface area contributed by atoms with Crippen LogP contribution in [0, 0.1) is 33.8 Å². The molecule has 0 unspecified atom stereocenters. The first-order valence-electron chi connectivity index (χ1n) is 5.57. The molecule has 0 aromatic heterocycles. The molecule has 3 saturated carbocycles. The quantitative estimate of drug-likeness (QED) is 0.383. The van der Waals surface area contributed by atoms with Gasteiger partial charge in [0.05, 0.1) is 0 Å². The molecule has 0 spiro atoms. The van der Waals surface area contributed by atoms with E-state index in [2.05, 4.69) is 0 Å². The molecule has 3 aliphatic rings. The molecule has 3 heteroatoms. The molecule has 0 aromatic rings. The van der Waals surface area contributed by atoms with E-state index >= 15 is 0 Å². The van der Waals surface area contributed by atoms with Gasteiger partial charge in [0.15, 0.2) is 0 Å². The highest BCUT2D eigenvalue weighted by atomic mass is 16.6. The highest BCUT2D eigenvalue weighted by Crippen LogP contribution is 2.63. The van der Waals surface area contributed by atoms with Gasteiger partial charge >= 0.3 is 0 Å². The third-order valence-corrected chi connectivity index (χ3v) is 4.44. The Morgan fingerprint density at radius 3 is 3.00 bits per heavy atom. The van der Waals surface area contributed by atoms with Crippen LogP contribution in [0.15, 0.2) is 11.6 Å². The lowest BCUT2D eigenvalue weighted by molar-refractivity contribution is -0.468. The minimum absolute atomic E-state index is 0.0414. The van der Waals surface area contributed by atoms with Gasteiger partial charge in [0.1, 0.15) is 0 Å². The maximum atomic E-state index is 10.3. The molecule has 3 rings (SSSR count). The fourth-order valence-corrected chi connectivity index (χ4v) is 3.93. The summed E-state index contributed by atoms with van der Waals surface area (Å²) in [5.41, 5.74) is 1.44. The van der Waals surface area contributed by atoms with Crippen molar-refractivity contribution in [2.24, 2.45) is 23.7 Å². The predicted molar refractivity (Wildman–Crippen MR) is 52.4 cm³/mol. The van der Waals surface area contributed by atoms with Crippen LogP contribution in [0.25, 0.3) is 0 Å². The van der Waals surface area contributed by atoms with Crippen molar-refractivity contribution < 1.29 is 4.92 Å². The second-order valence-corrected chi connectivity index (χ2v) is 5.01. The van der Waals surface area contributed by atoms with E-state index in [-0.39, 0.29) is 11.5 Å². The number of fused-ring (bicyclic) bond motifs is 1. The van der Waals surface area contributed by atoms with Crippen LogP contribution in [-0.2, 0) is 0 Å². The standard InChI is InChI=1S/C11H15NO2/c13-12(14)4-3-9-8-2-1-7-5-10(8)11(9)6-7/h3,7-8,10-11H,1-2,4-6H2/b9-3+/t7-,8-,10-,11+/m1/s1. The Bertz CT molecular complexity index is 302. The number of hydrogen-bond donors (Lipinski definition) is 0. The zero-order valence-electron chi connectivity index (χ0n) is 8.19. The maximum Gasteiger partial charge on any atom is 0.222 e. The fraction of sp³-hybridized carbons (Fsp3) is 0.818. The summed E-state index contributed by atoms with van der Waals surface area (Å²) < 4.78 is 0. The number of rotatable bonds is 2. The lowest BCUT2D eigenvalue weighted by Crippen LogP contribution is -2.36. The van der Waals surface area contributed by atoms with Crippen LogP contribution in [0.2, 0.25) is 0 Å². The summed E-state index contributed by atoms with van der Waals surface area (Å²) in [4.78, 5) is 10.1.